The van der Waals surface area contributed by atoms with E-state index in [2.05, 4.69) is 15.9 Å². The van der Waals surface area contributed by atoms with Gasteiger partial charge in [0.15, 0.2) is 5.78 Å². The van der Waals surface area contributed by atoms with Crippen LogP contribution < -0.4 is 0 Å². The number of carbonyl (C=O) groups excluding carboxylic acids is 1. The summed E-state index contributed by atoms with van der Waals surface area (Å²) in [6.45, 7) is 2.41. The molecule has 0 amide bonds. The highest BCUT2D eigenvalue weighted by atomic mass is 79.9. The molecule has 0 heterocycles. The van der Waals surface area contributed by atoms with Crippen molar-refractivity contribution in [2.24, 2.45) is 0 Å². The molecule has 0 aliphatic heterocycles. The highest BCUT2D eigenvalue weighted by molar-refractivity contribution is 9.10. The molecule has 0 aromatic heterocycles. The Kier molecular flexibility index (Phi) is 5.12. The number of benzene rings is 1. The molecule has 1 rings (SSSR count). The number of rotatable bonds is 5. The number of likely N-dealkylation sites (N-methyl/N-ethyl adjacent to an activating group) is 1. The van der Waals surface area contributed by atoms with E-state index < -0.39 is 0 Å². The van der Waals surface area contributed by atoms with E-state index in [0.717, 1.165) is 4.47 Å². The second kappa shape index (κ2) is 6.13. The first-order chi connectivity index (χ1) is 7.56. The monoisotopic (exact) mass is 285 g/mol. The second-order valence-corrected chi connectivity index (χ2v) is 4.67. The van der Waals surface area contributed by atoms with Crippen molar-refractivity contribution in [1.82, 2.24) is 4.90 Å². The molecule has 0 bridgehead atoms. The van der Waals surface area contributed by atoms with Crippen molar-refractivity contribution >= 4 is 21.7 Å². The standard InChI is InChI=1S/C12H16BrNO2/c1-9(14(2)7-8-15)12(16)10-3-5-11(13)6-4-10/h3-6,9,15H,7-8H2,1-2H3. The van der Waals surface area contributed by atoms with E-state index in [9.17, 15) is 4.79 Å². The number of aliphatic hydroxyl groups excluding tert-OH is 1. The molecule has 16 heavy (non-hydrogen) atoms. The van der Waals surface area contributed by atoms with Gasteiger partial charge in [-0.3, -0.25) is 9.69 Å². The Morgan fingerprint density at radius 2 is 2.00 bits per heavy atom. The lowest BCUT2D eigenvalue weighted by Crippen LogP contribution is -2.37. The molecule has 3 nitrogen and oxygen atoms in total. The number of Topliss-reactive ketones (excluding diaryl/α,β-unsaturated/α-hetero) is 1. The number of hydrogen-bond acceptors (Lipinski definition) is 3. The molecule has 88 valence electrons. The fourth-order valence-corrected chi connectivity index (χ4v) is 1.67. The van der Waals surface area contributed by atoms with Crippen molar-refractivity contribution < 1.29 is 9.90 Å². The van der Waals surface area contributed by atoms with Crippen molar-refractivity contribution in [2.45, 2.75) is 13.0 Å². The smallest absolute Gasteiger partial charge is 0.179 e. The van der Waals surface area contributed by atoms with Crippen molar-refractivity contribution in [3.05, 3.63) is 34.3 Å². The average molecular weight is 286 g/mol. The van der Waals surface area contributed by atoms with Gasteiger partial charge in [-0.25, -0.2) is 0 Å². The van der Waals surface area contributed by atoms with E-state index in [1.165, 1.54) is 0 Å². The van der Waals surface area contributed by atoms with Gasteiger partial charge in [0, 0.05) is 16.6 Å². The van der Waals surface area contributed by atoms with E-state index in [1.807, 2.05) is 31.0 Å². The quantitative estimate of drug-likeness (QED) is 0.841. The Morgan fingerprint density at radius 3 is 2.50 bits per heavy atom. The van der Waals surface area contributed by atoms with E-state index in [-0.39, 0.29) is 18.4 Å². The fraction of sp³-hybridized carbons (Fsp3) is 0.417. The van der Waals surface area contributed by atoms with Crippen LogP contribution in [0.15, 0.2) is 28.7 Å². The third-order valence-electron chi connectivity index (χ3n) is 2.62. The molecule has 0 saturated carbocycles. The molecular weight excluding hydrogens is 270 g/mol. The highest BCUT2D eigenvalue weighted by Gasteiger charge is 2.18. The molecule has 0 aliphatic rings. The molecule has 1 aromatic carbocycles. The molecule has 4 heteroatoms. The third kappa shape index (κ3) is 3.40. The summed E-state index contributed by atoms with van der Waals surface area (Å²) in [6, 6.07) is 7.09. The lowest BCUT2D eigenvalue weighted by molar-refractivity contribution is 0.0848. The Bertz CT molecular complexity index is 351. The van der Waals surface area contributed by atoms with Crippen LogP contribution >= 0.6 is 15.9 Å². The molecule has 1 atom stereocenters. The van der Waals surface area contributed by atoms with Gasteiger partial charge >= 0.3 is 0 Å². The maximum atomic E-state index is 12.0. The number of halogens is 1. The summed E-state index contributed by atoms with van der Waals surface area (Å²) in [6.07, 6.45) is 0. The van der Waals surface area contributed by atoms with Crippen molar-refractivity contribution in [3.8, 4) is 0 Å². The van der Waals surface area contributed by atoms with Gasteiger partial charge in [-0.2, -0.15) is 0 Å². The van der Waals surface area contributed by atoms with Gasteiger partial charge in [0.05, 0.1) is 12.6 Å². The van der Waals surface area contributed by atoms with Crippen LogP contribution in [0, 0.1) is 0 Å². The zero-order valence-electron chi connectivity index (χ0n) is 9.48. The van der Waals surface area contributed by atoms with Gasteiger partial charge in [-0.05, 0) is 26.1 Å². The normalized spacial score (nSPS) is 12.8. The lowest BCUT2D eigenvalue weighted by atomic mass is 10.0. The average Bonchev–Trinajstić information content (AvgIpc) is 2.28. The molecule has 1 N–H and O–H groups in total. The summed E-state index contributed by atoms with van der Waals surface area (Å²) in [5.74, 6) is 0.0726. The Labute approximate surface area is 104 Å². The fourth-order valence-electron chi connectivity index (χ4n) is 1.41. The summed E-state index contributed by atoms with van der Waals surface area (Å²) in [5, 5.41) is 8.82. The molecule has 1 unspecified atom stereocenters. The van der Waals surface area contributed by atoms with Crippen LogP contribution in [0.3, 0.4) is 0 Å². The van der Waals surface area contributed by atoms with Gasteiger partial charge in [-0.15, -0.1) is 0 Å². The molecule has 0 fully saturated rings. The summed E-state index contributed by atoms with van der Waals surface area (Å²) in [4.78, 5) is 13.9. The van der Waals surface area contributed by atoms with E-state index in [0.29, 0.717) is 12.1 Å². The maximum absolute atomic E-state index is 12.0. The minimum atomic E-state index is -0.215. The van der Waals surface area contributed by atoms with E-state index in [4.69, 9.17) is 5.11 Å². The SMILES string of the molecule is CC(C(=O)c1ccc(Br)cc1)N(C)CCO. The molecular formula is C12H16BrNO2. The largest absolute Gasteiger partial charge is 0.395 e. The van der Waals surface area contributed by atoms with Crippen molar-refractivity contribution in [3.63, 3.8) is 0 Å². The molecule has 1 aromatic rings. The molecule has 0 spiro atoms. The number of nitrogens with zero attached hydrogens (tertiary/aromatic N) is 1. The Balaban J connectivity index is 2.73. The van der Waals surface area contributed by atoms with Crippen LogP contribution in [0.2, 0.25) is 0 Å². The molecule has 0 radical (unpaired) electrons. The van der Waals surface area contributed by atoms with E-state index >= 15 is 0 Å². The predicted octanol–water partition coefficient (Wildman–Crippen LogP) is 1.94. The first kappa shape index (κ1) is 13.4. The topological polar surface area (TPSA) is 40.5 Å². The van der Waals surface area contributed by atoms with Gasteiger partial charge in [0.2, 0.25) is 0 Å². The minimum Gasteiger partial charge on any atom is -0.395 e. The summed E-state index contributed by atoms with van der Waals surface area (Å²) in [7, 11) is 1.83. The van der Waals surface area contributed by atoms with Crippen LogP contribution in [0.4, 0.5) is 0 Å². The lowest BCUT2D eigenvalue weighted by Gasteiger charge is -2.22. The van der Waals surface area contributed by atoms with Gasteiger partial charge in [0.1, 0.15) is 0 Å². The van der Waals surface area contributed by atoms with Gasteiger partial charge < -0.3 is 5.11 Å². The first-order valence-corrected chi connectivity index (χ1v) is 5.96. The van der Waals surface area contributed by atoms with Gasteiger partial charge in [-0.1, -0.05) is 28.1 Å². The molecule has 0 saturated heterocycles. The number of ketones is 1. The third-order valence-corrected chi connectivity index (χ3v) is 3.15. The number of carbonyl (C=O) groups is 1. The maximum Gasteiger partial charge on any atom is 0.179 e. The zero-order chi connectivity index (χ0) is 12.1. The van der Waals surface area contributed by atoms with Crippen LogP contribution in [0.25, 0.3) is 0 Å². The van der Waals surface area contributed by atoms with Crippen LogP contribution in [-0.4, -0.2) is 42.0 Å². The first-order valence-electron chi connectivity index (χ1n) is 5.17. The zero-order valence-corrected chi connectivity index (χ0v) is 11.1. The van der Waals surface area contributed by atoms with Crippen molar-refractivity contribution in [2.75, 3.05) is 20.2 Å². The predicted molar refractivity (Wildman–Crippen MR) is 67.7 cm³/mol. The Morgan fingerprint density at radius 1 is 1.44 bits per heavy atom. The summed E-state index contributed by atoms with van der Waals surface area (Å²) < 4.78 is 0.959. The highest BCUT2D eigenvalue weighted by Crippen LogP contribution is 2.13. The number of hydrogen-bond donors (Lipinski definition) is 1. The number of aliphatic hydroxyl groups is 1. The van der Waals surface area contributed by atoms with Crippen LogP contribution in [0.5, 0.6) is 0 Å². The van der Waals surface area contributed by atoms with E-state index in [1.54, 1.807) is 12.1 Å². The van der Waals surface area contributed by atoms with Gasteiger partial charge in [0.25, 0.3) is 0 Å². The summed E-state index contributed by atoms with van der Waals surface area (Å²) >= 11 is 3.33. The second-order valence-electron chi connectivity index (χ2n) is 3.75. The molecule has 0 aliphatic carbocycles. The van der Waals surface area contributed by atoms with Crippen LogP contribution in [0.1, 0.15) is 17.3 Å². The minimum absolute atomic E-state index is 0.0639. The summed E-state index contributed by atoms with van der Waals surface area (Å²) in [5.41, 5.74) is 0.695. The Hall–Kier alpha value is -0.710. The van der Waals surface area contributed by atoms with Crippen LogP contribution in [-0.2, 0) is 0 Å². The van der Waals surface area contributed by atoms with Crippen molar-refractivity contribution in [1.29, 1.82) is 0 Å².